The highest BCUT2D eigenvalue weighted by Crippen LogP contribution is 2.34. The number of nitrogens with zero attached hydrogens (tertiary/aromatic N) is 2. The molecule has 0 atom stereocenters. The predicted molar refractivity (Wildman–Crippen MR) is 156 cm³/mol. The lowest BCUT2D eigenvalue weighted by Crippen LogP contribution is -2.31. The zero-order valence-corrected chi connectivity index (χ0v) is 23.7. The van der Waals surface area contributed by atoms with Crippen LogP contribution in [0, 0.1) is 12.8 Å². The van der Waals surface area contributed by atoms with Gasteiger partial charge in [-0.25, -0.2) is 0 Å². The first kappa shape index (κ1) is 27.4. The Labute approximate surface area is 225 Å². The van der Waals surface area contributed by atoms with Gasteiger partial charge >= 0.3 is 0 Å². The maximum atomic E-state index is 6.50. The van der Waals surface area contributed by atoms with Gasteiger partial charge in [-0.05, 0) is 75.5 Å². The Kier molecular flexibility index (Phi) is 9.80. The molecule has 0 bridgehead atoms. The van der Waals surface area contributed by atoms with Gasteiger partial charge in [0.2, 0.25) is 0 Å². The van der Waals surface area contributed by atoms with Crippen LogP contribution in [0.4, 0.5) is 0 Å². The second-order valence-corrected chi connectivity index (χ2v) is 11.0. The van der Waals surface area contributed by atoms with Gasteiger partial charge in [0.1, 0.15) is 5.75 Å². The Morgan fingerprint density at radius 3 is 2.24 bits per heavy atom. The largest absolute Gasteiger partial charge is 0.491 e. The van der Waals surface area contributed by atoms with Crippen molar-refractivity contribution in [2.45, 2.75) is 92.2 Å². The van der Waals surface area contributed by atoms with E-state index in [1.54, 1.807) is 0 Å². The monoisotopic (exact) mass is 498 g/mol. The summed E-state index contributed by atoms with van der Waals surface area (Å²) in [6.07, 6.45) is 8.68. The average Bonchev–Trinajstić information content (AvgIpc) is 3.41. The number of aromatic nitrogens is 1. The second kappa shape index (κ2) is 13.2. The number of hydrogen-bond acceptors (Lipinski definition) is 3. The normalized spacial score (nSPS) is 14.1. The summed E-state index contributed by atoms with van der Waals surface area (Å²) in [5.74, 6) is 1.81. The molecule has 0 N–H and O–H groups in total. The minimum atomic E-state index is 0.119. The molecule has 4 rings (SSSR count). The maximum Gasteiger partial charge on any atom is 0.128 e. The van der Waals surface area contributed by atoms with Crippen LogP contribution < -0.4 is 4.74 Å². The van der Waals surface area contributed by atoms with E-state index in [0.29, 0.717) is 0 Å². The molecule has 37 heavy (non-hydrogen) atoms. The summed E-state index contributed by atoms with van der Waals surface area (Å²) < 4.78 is 6.50. The molecule has 1 heterocycles. The van der Waals surface area contributed by atoms with Gasteiger partial charge < -0.3 is 4.74 Å². The van der Waals surface area contributed by atoms with Gasteiger partial charge in [0.05, 0.1) is 11.8 Å². The van der Waals surface area contributed by atoms with Crippen LogP contribution in [-0.2, 0) is 25.8 Å². The molecule has 1 aliphatic rings. The fraction of sp³-hybridized carbons (Fsp3) is 0.500. The van der Waals surface area contributed by atoms with E-state index in [1.165, 1.54) is 53.5 Å². The summed E-state index contributed by atoms with van der Waals surface area (Å²) in [7, 11) is 0. The lowest BCUT2D eigenvalue weighted by Gasteiger charge is -2.28. The Morgan fingerprint density at radius 1 is 0.946 bits per heavy atom. The molecule has 0 saturated heterocycles. The summed E-state index contributed by atoms with van der Waals surface area (Å²) in [5.41, 5.74) is 8.82. The molecule has 0 unspecified atom stereocenters. The predicted octanol–water partition coefficient (Wildman–Crippen LogP) is 8.20. The molecule has 3 aromatic rings. The Bertz CT molecular complexity index is 1110. The van der Waals surface area contributed by atoms with Crippen molar-refractivity contribution in [2.75, 3.05) is 13.1 Å². The first-order valence-corrected chi connectivity index (χ1v) is 14.5. The van der Waals surface area contributed by atoms with Crippen LogP contribution in [0.5, 0.6) is 5.75 Å². The summed E-state index contributed by atoms with van der Waals surface area (Å²) in [6, 6.07) is 19.8. The van der Waals surface area contributed by atoms with Gasteiger partial charge in [-0.3, -0.25) is 9.88 Å². The van der Waals surface area contributed by atoms with E-state index in [1.807, 2.05) is 0 Å². The summed E-state index contributed by atoms with van der Waals surface area (Å²) >= 11 is 0. The van der Waals surface area contributed by atoms with Crippen LogP contribution in [0.25, 0.3) is 11.3 Å². The zero-order chi connectivity index (χ0) is 26.2. The number of benzene rings is 2. The number of pyridine rings is 1. The molecule has 3 heteroatoms. The molecule has 1 fully saturated rings. The lowest BCUT2D eigenvalue weighted by atomic mass is 9.94. The number of aryl methyl sites for hydroxylation is 3. The SMILES string of the molecule is CCc1cccc(CC)c1-c1cc(OC(C)C)c(CN(CCc2ccccc2)CC2CCCC2)c(C)n1. The number of ether oxygens (including phenoxy) is 1. The quantitative estimate of drug-likeness (QED) is 0.252. The second-order valence-electron chi connectivity index (χ2n) is 11.0. The first-order valence-electron chi connectivity index (χ1n) is 14.5. The molecule has 2 aromatic carbocycles. The molecular formula is C34H46N2O. The molecule has 0 aliphatic heterocycles. The van der Waals surface area contributed by atoms with E-state index in [-0.39, 0.29) is 6.10 Å². The Morgan fingerprint density at radius 2 is 1.62 bits per heavy atom. The zero-order valence-electron chi connectivity index (χ0n) is 23.7. The van der Waals surface area contributed by atoms with Gasteiger partial charge in [0.15, 0.2) is 0 Å². The smallest absolute Gasteiger partial charge is 0.128 e. The topological polar surface area (TPSA) is 25.4 Å². The van der Waals surface area contributed by atoms with Gasteiger partial charge in [-0.1, -0.05) is 75.2 Å². The van der Waals surface area contributed by atoms with Crippen molar-refractivity contribution in [3.8, 4) is 17.0 Å². The number of hydrogen-bond donors (Lipinski definition) is 0. The summed E-state index contributed by atoms with van der Waals surface area (Å²) in [5, 5.41) is 0. The van der Waals surface area contributed by atoms with Crippen molar-refractivity contribution in [2.24, 2.45) is 5.92 Å². The van der Waals surface area contributed by atoms with Crippen LogP contribution in [0.3, 0.4) is 0 Å². The fourth-order valence-corrected chi connectivity index (χ4v) is 5.87. The molecule has 0 amide bonds. The van der Waals surface area contributed by atoms with Crippen LogP contribution in [-0.4, -0.2) is 29.1 Å². The van der Waals surface area contributed by atoms with Crippen molar-refractivity contribution in [1.82, 2.24) is 9.88 Å². The third kappa shape index (κ3) is 7.23. The molecule has 1 saturated carbocycles. The number of rotatable bonds is 12. The Balaban J connectivity index is 1.68. The van der Waals surface area contributed by atoms with Crippen LogP contribution in [0.2, 0.25) is 0 Å². The van der Waals surface area contributed by atoms with E-state index in [0.717, 1.165) is 62.0 Å². The van der Waals surface area contributed by atoms with E-state index in [4.69, 9.17) is 9.72 Å². The van der Waals surface area contributed by atoms with Crippen molar-refractivity contribution in [3.63, 3.8) is 0 Å². The molecular weight excluding hydrogens is 452 g/mol. The van der Waals surface area contributed by atoms with Gasteiger partial charge in [0.25, 0.3) is 0 Å². The molecule has 1 aromatic heterocycles. The standard InChI is InChI=1S/C34H46N2O/c1-6-29-18-13-19-30(7-2)34(29)32-22-33(37-25(3)4)31(26(5)35-32)24-36(23-28-16-11-12-17-28)21-20-27-14-9-8-10-15-27/h8-10,13-15,18-19,22,25,28H,6-7,11-12,16-17,20-21,23-24H2,1-5H3. The van der Waals surface area contributed by atoms with Crippen molar-refractivity contribution in [3.05, 3.63) is 82.5 Å². The molecule has 0 spiro atoms. The van der Waals surface area contributed by atoms with Gasteiger partial charge in [0, 0.05) is 42.5 Å². The van der Waals surface area contributed by atoms with E-state index in [2.05, 4.69) is 94.1 Å². The lowest BCUT2D eigenvalue weighted by molar-refractivity contribution is 0.209. The molecule has 198 valence electrons. The molecule has 1 aliphatic carbocycles. The third-order valence-electron chi connectivity index (χ3n) is 7.84. The fourth-order valence-electron chi connectivity index (χ4n) is 5.87. The van der Waals surface area contributed by atoms with Crippen LogP contribution >= 0.6 is 0 Å². The van der Waals surface area contributed by atoms with E-state index >= 15 is 0 Å². The van der Waals surface area contributed by atoms with Crippen molar-refractivity contribution >= 4 is 0 Å². The highest BCUT2D eigenvalue weighted by atomic mass is 16.5. The summed E-state index contributed by atoms with van der Waals surface area (Å²) in [6.45, 7) is 14.0. The van der Waals surface area contributed by atoms with Crippen LogP contribution in [0.15, 0.2) is 54.6 Å². The van der Waals surface area contributed by atoms with Crippen LogP contribution in [0.1, 0.15) is 81.3 Å². The third-order valence-corrected chi connectivity index (χ3v) is 7.84. The maximum absolute atomic E-state index is 6.50. The summed E-state index contributed by atoms with van der Waals surface area (Å²) in [4.78, 5) is 7.89. The van der Waals surface area contributed by atoms with E-state index in [9.17, 15) is 0 Å². The Hall–Kier alpha value is -2.65. The van der Waals surface area contributed by atoms with E-state index < -0.39 is 0 Å². The minimum Gasteiger partial charge on any atom is -0.491 e. The molecule has 0 radical (unpaired) electrons. The van der Waals surface area contributed by atoms with Crippen molar-refractivity contribution in [1.29, 1.82) is 0 Å². The van der Waals surface area contributed by atoms with Crippen molar-refractivity contribution < 1.29 is 4.74 Å². The average molecular weight is 499 g/mol. The first-order chi connectivity index (χ1) is 18.0. The highest BCUT2D eigenvalue weighted by Gasteiger charge is 2.22. The molecule has 3 nitrogen and oxygen atoms in total. The van der Waals surface area contributed by atoms with Gasteiger partial charge in [-0.2, -0.15) is 0 Å². The highest BCUT2D eigenvalue weighted by molar-refractivity contribution is 5.70. The minimum absolute atomic E-state index is 0.119. The van der Waals surface area contributed by atoms with Gasteiger partial charge in [-0.15, -0.1) is 0 Å².